The molecule has 0 N–H and O–H groups in total. The minimum atomic E-state index is -0.204. The zero-order chi connectivity index (χ0) is 15.6. The largest absolute Gasteiger partial charge is 0.143 e. The first-order valence-electron chi connectivity index (χ1n) is 7.25. The normalized spacial score (nSPS) is 11.4. The Morgan fingerprint density at radius 2 is 0.909 bits per heavy atom. The number of hydrogen-bond acceptors (Lipinski definition) is 2. The van der Waals surface area contributed by atoms with E-state index >= 15 is 0 Å². The molecule has 0 spiro atoms. The van der Waals surface area contributed by atoms with Crippen LogP contribution in [0.25, 0.3) is 0 Å². The summed E-state index contributed by atoms with van der Waals surface area (Å²) in [6.45, 7) is 2.27. The molecule has 0 aromatic heterocycles. The van der Waals surface area contributed by atoms with Gasteiger partial charge in [-0.05, 0) is 47.9 Å². The molecular weight excluding hydrogens is 304 g/mol. The predicted octanol–water partition coefficient (Wildman–Crippen LogP) is 5.62. The number of rotatable bonds is 3. The summed E-state index contributed by atoms with van der Waals surface area (Å²) in [5.74, 6) is 0. The minimum Gasteiger partial charge on any atom is -0.143 e. The lowest BCUT2D eigenvalue weighted by Gasteiger charge is -2.32. The average molecular weight is 322 g/mol. The van der Waals surface area contributed by atoms with Crippen molar-refractivity contribution in [2.75, 3.05) is 0 Å². The van der Waals surface area contributed by atoms with Gasteiger partial charge in [0, 0.05) is 15.2 Å². The van der Waals surface area contributed by atoms with Gasteiger partial charge in [0.25, 0.3) is 0 Å². The molecule has 0 aliphatic rings. The van der Waals surface area contributed by atoms with Crippen LogP contribution in [0.5, 0.6) is 0 Å². The van der Waals surface area contributed by atoms with Crippen LogP contribution in [0, 0.1) is 0 Å². The second-order valence-electron chi connectivity index (χ2n) is 5.58. The van der Waals surface area contributed by atoms with Crippen molar-refractivity contribution in [1.82, 2.24) is 0 Å². The molecule has 0 unspecified atom stereocenters. The molecule has 3 rings (SSSR count). The molecule has 0 saturated heterocycles. The Balaban J connectivity index is 2.22. The Morgan fingerprint density at radius 3 is 1.32 bits per heavy atom. The Kier molecular flexibility index (Phi) is 4.32. The third-order valence-corrected chi connectivity index (χ3v) is 4.84. The van der Waals surface area contributed by atoms with Crippen LogP contribution in [0.15, 0.2) is 88.7 Å². The van der Waals surface area contributed by atoms with Crippen LogP contribution < -0.4 is 0 Å². The van der Waals surface area contributed by atoms with Gasteiger partial charge in [-0.3, -0.25) is 0 Å². The fourth-order valence-corrected chi connectivity index (χ4v) is 3.16. The molecule has 0 aliphatic carbocycles. The first-order chi connectivity index (χ1) is 10.6. The zero-order valence-electron chi connectivity index (χ0n) is 12.4. The Labute approximate surface area is 143 Å². The van der Waals surface area contributed by atoms with E-state index in [0.717, 1.165) is 9.79 Å². The van der Waals surface area contributed by atoms with Crippen LogP contribution in [0.1, 0.15) is 23.6 Å². The second-order valence-corrected chi connectivity index (χ2v) is 6.62. The van der Waals surface area contributed by atoms with Crippen molar-refractivity contribution >= 4 is 25.3 Å². The summed E-state index contributed by atoms with van der Waals surface area (Å²) in [5, 5.41) is 0. The SMILES string of the molecule is CC(c1ccccc1)(c1ccc(S)cc1)c1ccc(S)cc1. The highest BCUT2D eigenvalue weighted by Gasteiger charge is 2.30. The zero-order valence-corrected chi connectivity index (χ0v) is 14.2. The summed E-state index contributed by atoms with van der Waals surface area (Å²) in [4.78, 5) is 1.95. The van der Waals surface area contributed by atoms with Crippen LogP contribution in [0.2, 0.25) is 0 Å². The first kappa shape index (κ1) is 15.3. The van der Waals surface area contributed by atoms with E-state index in [1.807, 2.05) is 24.3 Å². The van der Waals surface area contributed by atoms with Crippen molar-refractivity contribution in [3.05, 3.63) is 95.6 Å². The minimum absolute atomic E-state index is 0.204. The molecule has 0 nitrogen and oxygen atoms in total. The molecule has 3 aromatic carbocycles. The van der Waals surface area contributed by atoms with Crippen LogP contribution in [0.3, 0.4) is 0 Å². The lowest BCUT2D eigenvalue weighted by molar-refractivity contribution is 0.691. The van der Waals surface area contributed by atoms with E-state index < -0.39 is 0 Å². The number of hydrogen-bond donors (Lipinski definition) is 2. The molecule has 0 amide bonds. The Bertz CT molecular complexity index is 698. The van der Waals surface area contributed by atoms with Gasteiger partial charge >= 0.3 is 0 Å². The molecule has 0 fully saturated rings. The van der Waals surface area contributed by atoms with E-state index in [4.69, 9.17) is 0 Å². The van der Waals surface area contributed by atoms with Crippen LogP contribution in [0.4, 0.5) is 0 Å². The Hall–Kier alpha value is -1.64. The van der Waals surface area contributed by atoms with Crippen molar-refractivity contribution in [1.29, 1.82) is 0 Å². The summed E-state index contributed by atoms with van der Waals surface area (Å²) >= 11 is 8.81. The fourth-order valence-electron chi connectivity index (χ4n) is 2.86. The van der Waals surface area contributed by atoms with Crippen LogP contribution >= 0.6 is 25.3 Å². The molecule has 110 valence electrons. The van der Waals surface area contributed by atoms with E-state index in [1.165, 1.54) is 16.7 Å². The molecule has 2 heteroatoms. The van der Waals surface area contributed by atoms with Gasteiger partial charge in [-0.2, -0.15) is 0 Å². The van der Waals surface area contributed by atoms with E-state index in [9.17, 15) is 0 Å². The monoisotopic (exact) mass is 322 g/mol. The van der Waals surface area contributed by atoms with Gasteiger partial charge in [-0.15, -0.1) is 25.3 Å². The van der Waals surface area contributed by atoms with E-state index in [-0.39, 0.29) is 5.41 Å². The third-order valence-electron chi connectivity index (χ3n) is 4.24. The molecule has 22 heavy (non-hydrogen) atoms. The summed E-state index contributed by atoms with van der Waals surface area (Å²) in [5.41, 5.74) is 3.57. The van der Waals surface area contributed by atoms with Crippen molar-refractivity contribution in [3.63, 3.8) is 0 Å². The van der Waals surface area contributed by atoms with Gasteiger partial charge < -0.3 is 0 Å². The summed E-state index contributed by atoms with van der Waals surface area (Å²) < 4.78 is 0. The highest BCUT2D eigenvalue weighted by Crippen LogP contribution is 2.39. The van der Waals surface area contributed by atoms with Crippen molar-refractivity contribution in [3.8, 4) is 0 Å². The molecular formula is C20H18S2. The standard InChI is InChI=1S/C20H18S2/c1-20(15-5-3-2-4-6-15,16-7-11-18(21)12-8-16)17-9-13-19(22)14-10-17/h2-14,21-22H,1H3. The Morgan fingerprint density at radius 1 is 0.545 bits per heavy atom. The smallest absolute Gasteiger partial charge is 0.0423 e. The van der Waals surface area contributed by atoms with Crippen LogP contribution in [-0.4, -0.2) is 0 Å². The maximum atomic E-state index is 4.41. The maximum Gasteiger partial charge on any atom is 0.0423 e. The molecule has 0 radical (unpaired) electrons. The van der Waals surface area contributed by atoms with E-state index in [2.05, 4.69) is 86.8 Å². The molecule has 0 saturated carbocycles. The molecule has 3 aromatic rings. The lowest BCUT2D eigenvalue weighted by atomic mass is 9.71. The quantitative estimate of drug-likeness (QED) is 0.454. The lowest BCUT2D eigenvalue weighted by Crippen LogP contribution is -2.25. The first-order valence-corrected chi connectivity index (χ1v) is 8.15. The summed E-state index contributed by atoms with van der Waals surface area (Å²) in [6, 6.07) is 27.4. The van der Waals surface area contributed by atoms with Crippen LogP contribution in [-0.2, 0) is 5.41 Å². The van der Waals surface area contributed by atoms with E-state index in [0.29, 0.717) is 0 Å². The average Bonchev–Trinajstić information content (AvgIpc) is 2.56. The van der Waals surface area contributed by atoms with Crippen molar-refractivity contribution < 1.29 is 0 Å². The highest BCUT2D eigenvalue weighted by atomic mass is 32.1. The second kappa shape index (κ2) is 6.23. The van der Waals surface area contributed by atoms with Gasteiger partial charge in [-0.1, -0.05) is 54.6 Å². The van der Waals surface area contributed by atoms with E-state index in [1.54, 1.807) is 0 Å². The van der Waals surface area contributed by atoms with Gasteiger partial charge in [0.2, 0.25) is 0 Å². The van der Waals surface area contributed by atoms with Crippen molar-refractivity contribution in [2.45, 2.75) is 22.1 Å². The van der Waals surface area contributed by atoms with Gasteiger partial charge in [0.1, 0.15) is 0 Å². The van der Waals surface area contributed by atoms with Gasteiger partial charge in [-0.25, -0.2) is 0 Å². The van der Waals surface area contributed by atoms with Gasteiger partial charge in [0.15, 0.2) is 0 Å². The fraction of sp³-hybridized carbons (Fsp3) is 0.100. The number of thiol groups is 2. The highest BCUT2D eigenvalue weighted by molar-refractivity contribution is 7.80. The molecule has 0 bridgehead atoms. The molecule has 0 atom stereocenters. The number of benzene rings is 3. The predicted molar refractivity (Wildman–Crippen MR) is 99.4 cm³/mol. The summed E-state index contributed by atoms with van der Waals surface area (Å²) in [7, 11) is 0. The maximum absolute atomic E-state index is 4.41. The van der Waals surface area contributed by atoms with Gasteiger partial charge in [0.05, 0.1) is 0 Å². The molecule has 0 heterocycles. The molecule has 0 aliphatic heterocycles. The topological polar surface area (TPSA) is 0 Å². The van der Waals surface area contributed by atoms with Crippen molar-refractivity contribution in [2.24, 2.45) is 0 Å². The summed E-state index contributed by atoms with van der Waals surface area (Å²) in [6.07, 6.45) is 0. The third kappa shape index (κ3) is 2.81.